The lowest BCUT2D eigenvalue weighted by atomic mass is 10.1. The molecule has 1 aromatic rings. The van der Waals surface area contributed by atoms with Crippen molar-refractivity contribution in [3.63, 3.8) is 0 Å². The Morgan fingerprint density at radius 2 is 1.83 bits per heavy atom. The van der Waals surface area contributed by atoms with Crippen LogP contribution < -0.4 is 10.6 Å². The molecule has 0 radical (unpaired) electrons. The van der Waals surface area contributed by atoms with Crippen LogP contribution in [0.4, 0.5) is 11.6 Å². The molecule has 0 saturated heterocycles. The minimum atomic E-state index is 0.493. The summed E-state index contributed by atoms with van der Waals surface area (Å²) in [6.45, 7) is 8.61. The lowest BCUT2D eigenvalue weighted by Gasteiger charge is -2.16. The monoisotopic (exact) mass is 248 g/mol. The normalized spacial score (nSPS) is 16.4. The first-order chi connectivity index (χ1) is 8.68. The van der Waals surface area contributed by atoms with Crippen molar-refractivity contribution in [3.8, 4) is 0 Å². The smallest absolute Gasteiger partial charge is 0.134 e. The maximum Gasteiger partial charge on any atom is 0.134 e. The second-order valence-corrected chi connectivity index (χ2v) is 5.49. The number of hydrogen-bond donors (Lipinski definition) is 2. The molecule has 4 heteroatoms. The highest BCUT2D eigenvalue weighted by Gasteiger charge is 2.37. The van der Waals surface area contributed by atoms with Crippen molar-refractivity contribution in [1.82, 2.24) is 9.97 Å². The van der Waals surface area contributed by atoms with E-state index >= 15 is 0 Å². The molecule has 1 aliphatic carbocycles. The van der Waals surface area contributed by atoms with Crippen molar-refractivity contribution in [3.05, 3.63) is 11.9 Å². The standard InChI is InChI=1S/C14H24N4/c1-4-8-15-12-11(5-2)13(18-10-17-12)16-9-14(3)6-7-14/h10H,4-9H2,1-3H3,(H2,15,16,17,18). The fraction of sp³-hybridized carbons (Fsp3) is 0.714. The highest BCUT2D eigenvalue weighted by Crippen LogP contribution is 2.44. The van der Waals surface area contributed by atoms with Crippen LogP contribution >= 0.6 is 0 Å². The molecule has 1 fully saturated rings. The van der Waals surface area contributed by atoms with Gasteiger partial charge in [0.1, 0.15) is 18.0 Å². The number of nitrogens with zero attached hydrogens (tertiary/aromatic N) is 2. The summed E-state index contributed by atoms with van der Waals surface area (Å²) in [6, 6.07) is 0. The van der Waals surface area contributed by atoms with Gasteiger partial charge in [0, 0.05) is 18.7 Å². The number of aromatic nitrogens is 2. The molecule has 0 aliphatic heterocycles. The zero-order valence-corrected chi connectivity index (χ0v) is 11.7. The summed E-state index contributed by atoms with van der Waals surface area (Å²) in [5.41, 5.74) is 1.70. The van der Waals surface area contributed by atoms with Gasteiger partial charge in [-0.1, -0.05) is 20.8 Å². The molecule has 1 aliphatic rings. The summed E-state index contributed by atoms with van der Waals surface area (Å²) in [4.78, 5) is 8.73. The van der Waals surface area contributed by atoms with Crippen LogP contribution in [-0.2, 0) is 6.42 Å². The van der Waals surface area contributed by atoms with Gasteiger partial charge in [-0.25, -0.2) is 9.97 Å². The molecule has 4 nitrogen and oxygen atoms in total. The lowest BCUT2D eigenvalue weighted by Crippen LogP contribution is -2.15. The molecule has 0 amide bonds. The van der Waals surface area contributed by atoms with Crippen molar-refractivity contribution >= 4 is 11.6 Å². The Morgan fingerprint density at radius 3 is 2.39 bits per heavy atom. The number of anilines is 2. The van der Waals surface area contributed by atoms with Crippen LogP contribution in [0, 0.1) is 5.41 Å². The third kappa shape index (κ3) is 3.12. The second kappa shape index (κ2) is 5.55. The van der Waals surface area contributed by atoms with Crippen LogP contribution in [0.15, 0.2) is 6.33 Å². The molecule has 2 N–H and O–H groups in total. The zero-order chi connectivity index (χ0) is 13.0. The van der Waals surface area contributed by atoms with E-state index in [0.29, 0.717) is 5.41 Å². The van der Waals surface area contributed by atoms with Crippen molar-refractivity contribution < 1.29 is 0 Å². The van der Waals surface area contributed by atoms with E-state index < -0.39 is 0 Å². The third-order valence-corrected chi connectivity index (χ3v) is 3.63. The van der Waals surface area contributed by atoms with E-state index in [-0.39, 0.29) is 0 Å². The quantitative estimate of drug-likeness (QED) is 0.778. The van der Waals surface area contributed by atoms with E-state index in [0.717, 1.165) is 37.6 Å². The molecule has 0 spiro atoms. The predicted octanol–water partition coefficient (Wildman–Crippen LogP) is 3.07. The fourth-order valence-corrected chi connectivity index (χ4v) is 1.98. The maximum atomic E-state index is 4.39. The van der Waals surface area contributed by atoms with Crippen LogP contribution in [0.25, 0.3) is 0 Å². The molecule has 0 unspecified atom stereocenters. The van der Waals surface area contributed by atoms with Gasteiger partial charge in [0.2, 0.25) is 0 Å². The number of rotatable bonds is 7. The largest absolute Gasteiger partial charge is 0.370 e. The third-order valence-electron chi connectivity index (χ3n) is 3.63. The van der Waals surface area contributed by atoms with Gasteiger partial charge in [-0.3, -0.25) is 0 Å². The maximum absolute atomic E-state index is 4.39. The summed E-state index contributed by atoms with van der Waals surface area (Å²) < 4.78 is 0. The minimum Gasteiger partial charge on any atom is -0.370 e. The van der Waals surface area contributed by atoms with E-state index in [1.807, 2.05) is 0 Å². The van der Waals surface area contributed by atoms with Gasteiger partial charge in [-0.2, -0.15) is 0 Å². The molecule has 1 saturated carbocycles. The van der Waals surface area contributed by atoms with Crippen molar-refractivity contribution in [2.75, 3.05) is 23.7 Å². The minimum absolute atomic E-state index is 0.493. The van der Waals surface area contributed by atoms with Gasteiger partial charge in [0.15, 0.2) is 0 Å². The molecular weight excluding hydrogens is 224 g/mol. The lowest BCUT2D eigenvalue weighted by molar-refractivity contribution is 0.608. The predicted molar refractivity (Wildman–Crippen MR) is 76.0 cm³/mol. The SMILES string of the molecule is CCCNc1ncnc(NCC2(C)CC2)c1CC. The van der Waals surface area contributed by atoms with Crippen LogP contribution in [-0.4, -0.2) is 23.1 Å². The molecule has 1 aromatic heterocycles. The van der Waals surface area contributed by atoms with Crippen LogP contribution in [0.3, 0.4) is 0 Å². The molecule has 0 bridgehead atoms. The topological polar surface area (TPSA) is 49.8 Å². The van der Waals surface area contributed by atoms with E-state index in [4.69, 9.17) is 0 Å². The van der Waals surface area contributed by atoms with Crippen molar-refractivity contribution in [2.24, 2.45) is 5.41 Å². The molecular formula is C14H24N4. The highest BCUT2D eigenvalue weighted by atomic mass is 15.1. The Kier molecular flexibility index (Phi) is 4.04. The summed E-state index contributed by atoms with van der Waals surface area (Å²) in [7, 11) is 0. The average Bonchev–Trinajstić information content (AvgIpc) is 3.12. The van der Waals surface area contributed by atoms with Gasteiger partial charge >= 0.3 is 0 Å². The van der Waals surface area contributed by atoms with E-state index in [1.165, 1.54) is 18.4 Å². The van der Waals surface area contributed by atoms with Gasteiger partial charge in [-0.15, -0.1) is 0 Å². The van der Waals surface area contributed by atoms with Gasteiger partial charge < -0.3 is 10.6 Å². The molecule has 1 heterocycles. The molecule has 18 heavy (non-hydrogen) atoms. The Labute approximate surface area is 110 Å². The van der Waals surface area contributed by atoms with Gasteiger partial charge in [0.05, 0.1) is 0 Å². The van der Waals surface area contributed by atoms with Crippen molar-refractivity contribution in [1.29, 1.82) is 0 Å². The zero-order valence-electron chi connectivity index (χ0n) is 11.7. The van der Waals surface area contributed by atoms with Gasteiger partial charge in [0.25, 0.3) is 0 Å². The van der Waals surface area contributed by atoms with E-state index in [9.17, 15) is 0 Å². The van der Waals surface area contributed by atoms with Gasteiger partial charge in [-0.05, 0) is 31.1 Å². The molecule has 0 atom stereocenters. The van der Waals surface area contributed by atoms with Crippen LogP contribution in [0.5, 0.6) is 0 Å². The molecule has 100 valence electrons. The second-order valence-electron chi connectivity index (χ2n) is 5.49. The first-order valence-electron chi connectivity index (χ1n) is 7.00. The van der Waals surface area contributed by atoms with Crippen molar-refractivity contribution in [2.45, 2.75) is 46.5 Å². The Balaban J connectivity index is 2.07. The Hall–Kier alpha value is -1.32. The van der Waals surface area contributed by atoms with Crippen LogP contribution in [0.1, 0.15) is 45.6 Å². The van der Waals surface area contributed by atoms with Crippen LogP contribution in [0.2, 0.25) is 0 Å². The summed E-state index contributed by atoms with van der Waals surface area (Å²) in [5, 5.41) is 6.87. The number of nitrogens with one attached hydrogen (secondary N) is 2. The molecule has 2 rings (SSSR count). The summed E-state index contributed by atoms with van der Waals surface area (Å²) >= 11 is 0. The number of hydrogen-bond acceptors (Lipinski definition) is 4. The average molecular weight is 248 g/mol. The fourth-order valence-electron chi connectivity index (χ4n) is 1.98. The highest BCUT2D eigenvalue weighted by molar-refractivity contribution is 5.57. The summed E-state index contributed by atoms with van der Waals surface area (Å²) in [5.74, 6) is 1.98. The van der Waals surface area contributed by atoms with E-state index in [1.54, 1.807) is 6.33 Å². The van der Waals surface area contributed by atoms with E-state index in [2.05, 4.69) is 41.4 Å². The first-order valence-corrected chi connectivity index (χ1v) is 7.00. The Bertz CT molecular complexity index is 399. The first kappa shape index (κ1) is 13.1. The summed E-state index contributed by atoms with van der Waals surface area (Å²) in [6.07, 6.45) is 6.36. The molecule has 0 aromatic carbocycles. The Morgan fingerprint density at radius 1 is 1.17 bits per heavy atom.